The van der Waals surface area contributed by atoms with Crippen molar-refractivity contribution in [2.24, 2.45) is 5.92 Å². The zero-order valence-corrected chi connectivity index (χ0v) is 17.4. The van der Waals surface area contributed by atoms with Crippen molar-refractivity contribution >= 4 is 21.5 Å². The lowest BCUT2D eigenvalue weighted by molar-refractivity contribution is 0.446. The van der Waals surface area contributed by atoms with Crippen LogP contribution in [-0.2, 0) is 15.4 Å². The molecule has 2 aromatic rings. The summed E-state index contributed by atoms with van der Waals surface area (Å²) in [4.78, 5) is 6.87. The first-order chi connectivity index (χ1) is 12.6. The van der Waals surface area contributed by atoms with Crippen molar-refractivity contribution in [2.75, 3.05) is 22.7 Å². The molecule has 27 heavy (non-hydrogen) atoms. The molecule has 0 spiro atoms. The monoisotopic (exact) mass is 387 g/mol. The molecular formula is C21H29N3O2S. The molecular weight excluding hydrogens is 358 g/mol. The number of nitrogens with zero attached hydrogens (tertiary/aromatic N) is 2. The number of benzene rings is 1. The van der Waals surface area contributed by atoms with Gasteiger partial charge in [-0.05, 0) is 54.0 Å². The molecule has 146 valence electrons. The van der Waals surface area contributed by atoms with E-state index in [1.807, 2.05) is 18.2 Å². The van der Waals surface area contributed by atoms with E-state index < -0.39 is 10.0 Å². The van der Waals surface area contributed by atoms with E-state index in [0.29, 0.717) is 11.7 Å². The van der Waals surface area contributed by atoms with Gasteiger partial charge in [0.1, 0.15) is 5.82 Å². The van der Waals surface area contributed by atoms with Crippen molar-refractivity contribution in [2.45, 2.75) is 50.8 Å². The predicted octanol–water partition coefficient (Wildman–Crippen LogP) is 4.42. The van der Waals surface area contributed by atoms with Crippen molar-refractivity contribution in [3.8, 4) is 0 Å². The number of hydrogen-bond acceptors (Lipinski definition) is 4. The van der Waals surface area contributed by atoms with Crippen LogP contribution in [-0.4, -0.2) is 26.5 Å². The average molecular weight is 388 g/mol. The van der Waals surface area contributed by atoms with E-state index >= 15 is 0 Å². The molecule has 0 bridgehead atoms. The predicted molar refractivity (Wildman–Crippen MR) is 111 cm³/mol. The number of hydrogen-bond donors (Lipinski definition) is 1. The minimum atomic E-state index is -3.65. The maximum atomic E-state index is 12.6. The van der Waals surface area contributed by atoms with E-state index in [2.05, 4.69) is 42.3 Å². The van der Waals surface area contributed by atoms with Crippen LogP contribution in [0.3, 0.4) is 0 Å². The van der Waals surface area contributed by atoms with Crippen LogP contribution in [0.5, 0.6) is 0 Å². The quantitative estimate of drug-likeness (QED) is 0.844. The van der Waals surface area contributed by atoms with Gasteiger partial charge in [0.25, 0.3) is 10.0 Å². The molecule has 1 unspecified atom stereocenters. The lowest BCUT2D eigenvalue weighted by Gasteiger charge is -2.32. The Balaban J connectivity index is 1.72. The van der Waals surface area contributed by atoms with E-state index in [9.17, 15) is 8.42 Å². The van der Waals surface area contributed by atoms with E-state index in [-0.39, 0.29) is 10.3 Å². The van der Waals surface area contributed by atoms with Gasteiger partial charge < -0.3 is 4.90 Å². The third-order valence-electron chi connectivity index (χ3n) is 5.04. The van der Waals surface area contributed by atoms with Gasteiger partial charge in [-0.1, -0.05) is 39.8 Å². The van der Waals surface area contributed by atoms with Crippen LogP contribution in [0.1, 0.15) is 46.1 Å². The van der Waals surface area contributed by atoms with Crippen LogP contribution >= 0.6 is 0 Å². The Morgan fingerprint density at radius 2 is 1.81 bits per heavy atom. The highest BCUT2D eigenvalue weighted by molar-refractivity contribution is 7.92. The highest BCUT2D eigenvalue weighted by Crippen LogP contribution is 2.25. The first-order valence-electron chi connectivity index (χ1n) is 9.49. The number of anilines is 2. The number of nitrogens with one attached hydrogen (secondary N) is 1. The van der Waals surface area contributed by atoms with Gasteiger partial charge in [0.15, 0.2) is 0 Å². The minimum Gasteiger partial charge on any atom is -0.370 e. The Hall–Kier alpha value is -2.08. The van der Waals surface area contributed by atoms with Gasteiger partial charge in [-0.3, -0.25) is 4.72 Å². The maximum Gasteiger partial charge on any atom is 0.263 e. The van der Waals surface area contributed by atoms with Gasteiger partial charge in [0.05, 0.1) is 16.8 Å². The summed E-state index contributed by atoms with van der Waals surface area (Å²) >= 11 is 0. The molecule has 0 amide bonds. The molecule has 6 heteroatoms. The minimum absolute atomic E-state index is 0.0148. The van der Waals surface area contributed by atoms with E-state index in [1.54, 1.807) is 24.4 Å². The molecule has 1 atom stereocenters. The van der Waals surface area contributed by atoms with Gasteiger partial charge in [0.2, 0.25) is 0 Å². The molecule has 2 heterocycles. The molecule has 0 radical (unpaired) electrons. The Bertz CT molecular complexity index is 869. The second-order valence-corrected chi connectivity index (χ2v) is 10.2. The molecule has 5 nitrogen and oxygen atoms in total. The number of piperidine rings is 1. The van der Waals surface area contributed by atoms with Crippen molar-refractivity contribution in [3.63, 3.8) is 0 Å². The first-order valence-corrected chi connectivity index (χ1v) is 11.0. The highest BCUT2D eigenvalue weighted by Gasteiger charge is 2.19. The summed E-state index contributed by atoms with van der Waals surface area (Å²) < 4.78 is 27.8. The second-order valence-electron chi connectivity index (χ2n) is 8.47. The van der Waals surface area contributed by atoms with Gasteiger partial charge >= 0.3 is 0 Å². The summed E-state index contributed by atoms with van der Waals surface area (Å²) in [7, 11) is -3.65. The molecule has 1 N–H and O–H groups in total. The average Bonchev–Trinajstić information content (AvgIpc) is 2.61. The van der Waals surface area contributed by atoms with Gasteiger partial charge in [-0.25, -0.2) is 13.4 Å². The van der Waals surface area contributed by atoms with Crippen molar-refractivity contribution < 1.29 is 8.42 Å². The third kappa shape index (κ3) is 4.80. The molecule has 1 aromatic heterocycles. The summed E-state index contributed by atoms with van der Waals surface area (Å²) in [5.41, 5.74) is 2.12. The number of rotatable bonds is 4. The zero-order valence-electron chi connectivity index (χ0n) is 16.6. The molecule has 1 fully saturated rings. The lowest BCUT2D eigenvalue weighted by atomic mass is 9.87. The largest absolute Gasteiger partial charge is 0.370 e. The third-order valence-corrected chi connectivity index (χ3v) is 6.41. The van der Waals surface area contributed by atoms with E-state index in [0.717, 1.165) is 24.3 Å². The highest BCUT2D eigenvalue weighted by atomic mass is 32.2. The zero-order chi connectivity index (χ0) is 19.7. The fourth-order valence-electron chi connectivity index (χ4n) is 3.39. The topological polar surface area (TPSA) is 62.3 Å². The van der Waals surface area contributed by atoms with Crippen LogP contribution < -0.4 is 9.62 Å². The van der Waals surface area contributed by atoms with Gasteiger partial charge in [-0.15, -0.1) is 0 Å². The molecule has 1 aromatic carbocycles. The summed E-state index contributed by atoms with van der Waals surface area (Å²) in [6.07, 6.45) is 4.19. The van der Waals surface area contributed by atoms with E-state index in [1.165, 1.54) is 12.8 Å². The van der Waals surface area contributed by atoms with E-state index in [4.69, 9.17) is 0 Å². The van der Waals surface area contributed by atoms with Crippen LogP contribution in [0.25, 0.3) is 0 Å². The second kappa shape index (κ2) is 7.50. The van der Waals surface area contributed by atoms with Crippen molar-refractivity contribution in [1.82, 2.24) is 4.98 Å². The van der Waals surface area contributed by atoms with Crippen molar-refractivity contribution in [1.29, 1.82) is 0 Å². The van der Waals surface area contributed by atoms with Crippen LogP contribution in [0.4, 0.5) is 11.5 Å². The fourth-order valence-corrected chi connectivity index (χ4v) is 4.40. The Morgan fingerprint density at radius 1 is 1.11 bits per heavy atom. The van der Waals surface area contributed by atoms with Crippen LogP contribution in [0.15, 0.2) is 47.5 Å². The standard InChI is InChI=1S/C21H29N3O2S/c1-16-6-5-13-24(15-16)18-9-12-20(22-14-18)23-27(25,26)19-10-7-17(8-11-19)21(2,3)4/h7-12,14,16H,5-6,13,15H2,1-4H3,(H,22,23). The van der Waals surface area contributed by atoms with Crippen LogP contribution in [0, 0.1) is 5.92 Å². The first kappa shape index (κ1) is 19.7. The van der Waals surface area contributed by atoms with Gasteiger partial charge in [0, 0.05) is 13.1 Å². The van der Waals surface area contributed by atoms with Crippen molar-refractivity contribution in [3.05, 3.63) is 48.2 Å². The van der Waals surface area contributed by atoms with Gasteiger partial charge in [-0.2, -0.15) is 0 Å². The number of sulfonamides is 1. The molecule has 0 saturated carbocycles. The lowest BCUT2D eigenvalue weighted by Crippen LogP contribution is -2.34. The molecule has 0 aliphatic carbocycles. The number of pyridine rings is 1. The fraction of sp³-hybridized carbons (Fsp3) is 0.476. The normalized spacial score (nSPS) is 18.4. The summed E-state index contributed by atoms with van der Waals surface area (Å²) in [5, 5.41) is 0. The summed E-state index contributed by atoms with van der Waals surface area (Å²) in [6, 6.07) is 10.7. The summed E-state index contributed by atoms with van der Waals surface area (Å²) in [6.45, 7) is 10.6. The molecule has 1 saturated heterocycles. The Kier molecular flexibility index (Phi) is 5.47. The molecule has 1 aliphatic rings. The maximum absolute atomic E-state index is 12.6. The van der Waals surface area contributed by atoms with Crippen LogP contribution in [0.2, 0.25) is 0 Å². The Morgan fingerprint density at radius 3 is 2.37 bits per heavy atom. The Labute approximate surface area is 162 Å². The molecule has 1 aliphatic heterocycles. The smallest absolute Gasteiger partial charge is 0.263 e. The summed E-state index contributed by atoms with van der Waals surface area (Å²) in [5.74, 6) is 1.01. The SMILES string of the molecule is CC1CCCN(c2ccc(NS(=O)(=O)c3ccc(C(C)(C)C)cc3)nc2)C1. The molecule has 3 rings (SSSR count). The number of aromatic nitrogens is 1.